The van der Waals surface area contributed by atoms with Gasteiger partial charge in [-0.3, -0.25) is 0 Å². The number of hydrogen-bond acceptors (Lipinski definition) is 19. The van der Waals surface area contributed by atoms with Gasteiger partial charge in [0.1, 0.15) is 59.0 Å². The summed E-state index contributed by atoms with van der Waals surface area (Å²) < 4.78 is 47.2. The molecule has 0 spiro atoms. The molecule has 19 heteroatoms. The van der Waals surface area contributed by atoms with E-state index in [0.717, 1.165) is 12.0 Å². The van der Waals surface area contributed by atoms with E-state index in [9.17, 15) is 49.2 Å². The molecule has 0 fully saturated rings. The number of carbonyl (C=O) groups excluding carboxylic acids is 6. The number of phenols is 2. The number of methoxy groups -OCH3 is 5. The Hall–Kier alpha value is -7.84. The first-order chi connectivity index (χ1) is 40.8. The zero-order chi connectivity index (χ0) is 62.3. The van der Waals surface area contributed by atoms with Crippen LogP contribution in [0.1, 0.15) is 126 Å². The number of ether oxygens (including phenoxy) is 9. The molecular weight excluding hydrogens is 1100 g/mol. The maximum atomic E-state index is 13.2. The maximum Gasteiger partial charge on any atom is 0.342 e. The second-order valence-corrected chi connectivity index (χ2v) is 20.8. The van der Waals surface area contributed by atoms with Crippen LogP contribution in [0.3, 0.4) is 0 Å². The molecule has 9 atom stereocenters. The highest BCUT2D eigenvalue weighted by atomic mass is 16.7. The van der Waals surface area contributed by atoms with Crippen molar-refractivity contribution in [3.8, 4) is 17.2 Å². The summed E-state index contributed by atoms with van der Waals surface area (Å²) in [5.74, 6) is -2.85. The summed E-state index contributed by atoms with van der Waals surface area (Å²) in [5.41, 5.74) is 2.87. The fraction of sp³-hybridized carbons (Fsp3) is 0.455. The lowest BCUT2D eigenvalue weighted by Gasteiger charge is -2.28. The van der Waals surface area contributed by atoms with E-state index >= 15 is 0 Å². The molecular formula is C66H84O19. The third-order valence-electron chi connectivity index (χ3n) is 14.5. The third kappa shape index (κ3) is 23.6. The molecule has 3 heterocycles. The van der Waals surface area contributed by atoms with Gasteiger partial charge in [-0.05, 0) is 91.2 Å². The van der Waals surface area contributed by atoms with Crippen LogP contribution in [0, 0.1) is 17.8 Å². The molecule has 0 aromatic heterocycles. The van der Waals surface area contributed by atoms with Gasteiger partial charge >= 0.3 is 35.8 Å². The van der Waals surface area contributed by atoms with Crippen molar-refractivity contribution in [2.45, 2.75) is 134 Å². The van der Waals surface area contributed by atoms with Crippen LogP contribution in [0.15, 0.2) is 128 Å². The Morgan fingerprint density at radius 3 is 1.26 bits per heavy atom. The van der Waals surface area contributed by atoms with Crippen LogP contribution < -0.4 is 4.74 Å². The van der Waals surface area contributed by atoms with Gasteiger partial charge in [0.25, 0.3) is 0 Å². The molecule has 0 saturated heterocycles. The van der Waals surface area contributed by atoms with Crippen LogP contribution in [-0.4, -0.2) is 135 Å². The van der Waals surface area contributed by atoms with Gasteiger partial charge in [-0.15, -0.1) is 0 Å². The minimum atomic E-state index is -0.665. The minimum absolute atomic E-state index is 0.00453. The standard InChI is InChI=1S/C24H32O7.2C21H26O6/c1-17-9-5-6-10-18-11-7-13-20(28-3)23(18)24(26)31-19(12-8-14-22(25)29-4)15-21(17)30-16-27-2;2*1-14-7-3-4-8-15-9-5-11-17(22)20(15)21(25)27-16(13-18(14)23)10-6-12-19(24)26-2/h5-8,11,13-14,17,19,21H,9-10,12,15-16H2,1-4H3;2*3-6,9,11-12,14,16,18,22-23H,7-8,10,13H2,1-2H3/b6-5+,14-8?;4-3+,12-6+;4-3+,12-6-/t17-,19-,21+;2*14-,16-,18+/m000/s1. The van der Waals surface area contributed by atoms with E-state index < -0.39 is 66.3 Å². The van der Waals surface area contributed by atoms with Gasteiger partial charge in [-0.1, -0.05) is 112 Å². The molecule has 0 amide bonds. The number of rotatable bonds is 13. The van der Waals surface area contributed by atoms with Gasteiger partial charge in [0.05, 0.1) is 46.8 Å². The molecule has 462 valence electrons. The number of allylic oxidation sites excluding steroid dienone is 6. The van der Waals surface area contributed by atoms with E-state index in [1.807, 2.05) is 56.4 Å². The van der Waals surface area contributed by atoms with Gasteiger partial charge < -0.3 is 63.1 Å². The van der Waals surface area contributed by atoms with Gasteiger partial charge in [0.15, 0.2) is 0 Å². The number of cyclic esters (lactones) is 3. The Balaban J connectivity index is 0.000000274. The first-order valence-corrected chi connectivity index (χ1v) is 28.4. The number of esters is 6. The molecule has 3 aliphatic heterocycles. The van der Waals surface area contributed by atoms with Crippen molar-refractivity contribution in [3.05, 3.63) is 161 Å². The average Bonchev–Trinajstić information content (AvgIpc) is 3.68. The highest BCUT2D eigenvalue weighted by Crippen LogP contribution is 2.31. The van der Waals surface area contributed by atoms with Gasteiger partial charge in [-0.2, -0.15) is 0 Å². The highest BCUT2D eigenvalue weighted by Gasteiger charge is 2.30. The summed E-state index contributed by atoms with van der Waals surface area (Å²) in [6.45, 7) is 6.11. The van der Waals surface area contributed by atoms with Gasteiger partial charge in [-0.25, -0.2) is 28.8 Å². The average molecular weight is 1180 g/mol. The molecule has 19 nitrogen and oxygen atoms in total. The topological polar surface area (TPSA) is 266 Å². The zero-order valence-corrected chi connectivity index (χ0v) is 49.9. The number of aromatic hydroxyl groups is 2. The van der Waals surface area contributed by atoms with Crippen LogP contribution >= 0.6 is 0 Å². The van der Waals surface area contributed by atoms with E-state index in [1.54, 1.807) is 55.7 Å². The first-order valence-electron chi connectivity index (χ1n) is 28.4. The van der Waals surface area contributed by atoms with E-state index in [-0.39, 0.29) is 79.0 Å². The summed E-state index contributed by atoms with van der Waals surface area (Å²) in [6.07, 6.45) is 22.8. The van der Waals surface area contributed by atoms with Crippen LogP contribution in [0.2, 0.25) is 0 Å². The molecule has 0 unspecified atom stereocenters. The number of aliphatic hydroxyl groups is 2. The molecule has 3 aliphatic rings. The van der Waals surface area contributed by atoms with Crippen molar-refractivity contribution >= 4 is 35.8 Å². The number of aliphatic hydroxyl groups excluding tert-OH is 2. The van der Waals surface area contributed by atoms with E-state index in [0.29, 0.717) is 67.4 Å². The highest BCUT2D eigenvalue weighted by molar-refractivity contribution is 5.96. The molecule has 0 bridgehead atoms. The van der Waals surface area contributed by atoms with Crippen LogP contribution in [0.5, 0.6) is 17.2 Å². The van der Waals surface area contributed by atoms with Crippen molar-refractivity contribution in [3.63, 3.8) is 0 Å². The maximum absolute atomic E-state index is 13.2. The lowest BCUT2D eigenvalue weighted by Crippen LogP contribution is -2.31. The Kier molecular flexibility index (Phi) is 30.7. The third-order valence-corrected chi connectivity index (χ3v) is 14.5. The van der Waals surface area contributed by atoms with E-state index in [4.69, 9.17) is 28.4 Å². The summed E-state index contributed by atoms with van der Waals surface area (Å²) in [5, 5.41) is 41.2. The van der Waals surface area contributed by atoms with Gasteiger partial charge in [0.2, 0.25) is 0 Å². The predicted molar refractivity (Wildman–Crippen MR) is 317 cm³/mol. The summed E-state index contributed by atoms with van der Waals surface area (Å²) in [7, 11) is 6.97. The number of benzene rings is 3. The lowest BCUT2D eigenvalue weighted by atomic mass is 9.93. The molecule has 85 heavy (non-hydrogen) atoms. The Labute approximate surface area is 498 Å². The molecule has 3 aromatic carbocycles. The number of carbonyl (C=O) groups is 6. The fourth-order valence-electron chi connectivity index (χ4n) is 9.41. The molecule has 0 radical (unpaired) electrons. The van der Waals surface area contributed by atoms with Crippen molar-refractivity contribution < 1.29 is 91.8 Å². The molecule has 0 saturated carbocycles. The Morgan fingerprint density at radius 1 is 0.506 bits per heavy atom. The summed E-state index contributed by atoms with van der Waals surface area (Å²) in [4.78, 5) is 72.5. The second kappa shape index (κ2) is 37.5. The fourth-order valence-corrected chi connectivity index (χ4v) is 9.41. The largest absolute Gasteiger partial charge is 0.507 e. The quantitative estimate of drug-likeness (QED) is 0.0408. The molecule has 6 rings (SSSR count). The molecule has 4 N–H and O–H groups in total. The predicted octanol–water partition coefficient (Wildman–Crippen LogP) is 9.71. The lowest BCUT2D eigenvalue weighted by molar-refractivity contribution is -0.135. The van der Waals surface area contributed by atoms with Crippen molar-refractivity contribution in [2.75, 3.05) is 42.3 Å². The first kappa shape index (κ1) is 69.7. The smallest absolute Gasteiger partial charge is 0.342 e. The molecule has 0 aliphatic carbocycles. The molecule has 3 aromatic rings. The second-order valence-electron chi connectivity index (χ2n) is 20.8. The Bertz CT molecular complexity index is 2700. The number of hydrogen-bond donors (Lipinski definition) is 4. The minimum Gasteiger partial charge on any atom is -0.507 e. The number of phenolic OH excluding ortho intramolecular Hbond substituents is 2. The van der Waals surface area contributed by atoms with Crippen molar-refractivity contribution in [1.29, 1.82) is 0 Å². The monoisotopic (exact) mass is 1180 g/mol. The zero-order valence-electron chi connectivity index (χ0n) is 49.9. The van der Waals surface area contributed by atoms with E-state index in [1.165, 1.54) is 58.8 Å². The van der Waals surface area contributed by atoms with Crippen LogP contribution in [0.25, 0.3) is 0 Å². The Morgan fingerprint density at radius 2 is 0.871 bits per heavy atom. The van der Waals surface area contributed by atoms with Crippen LogP contribution in [0.4, 0.5) is 0 Å². The normalized spacial score (nSPS) is 24.4. The van der Waals surface area contributed by atoms with Gasteiger partial charge in [0, 0.05) is 63.9 Å². The SMILES string of the molecule is COC(=O)/C=C/C[C@H]1C[C@@H](O)[C@@H](C)C/C=C/Cc2cccc(O)c2C(=O)O1.COC(=O)/C=C\C[C@H]1C[C@@H](O)[C@@H](C)C/C=C/Cc2cccc(O)c2C(=O)O1.COCO[C@@H]1C[C@H](CC=CC(=O)OC)OC(=O)c2c(cccc2OC)C/C=C/C[C@@H]1C. The summed E-state index contributed by atoms with van der Waals surface area (Å²) >= 11 is 0. The number of fused-ring (bicyclic) bond motifs is 3. The van der Waals surface area contributed by atoms with E-state index in [2.05, 4.69) is 27.2 Å². The van der Waals surface area contributed by atoms with Crippen molar-refractivity contribution in [1.82, 2.24) is 0 Å². The van der Waals surface area contributed by atoms with Crippen LogP contribution in [-0.2, 0) is 71.5 Å². The van der Waals surface area contributed by atoms with Crippen molar-refractivity contribution in [2.24, 2.45) is 17.8 Å². The summed E-state index contributed by atoms with van der Waals surface area (Å²) in [6, 6.07) is 15.3.